The smallest absolute Gasteiger partial charge is 0.335 e. The van der Waals surface area contributed by atoms with E-state index in [1.54, 1.807) is 12.1 Å². The van der Waals surface area contributed by atoms with Gasteiger partial charge in [0.15, 0.2) is 0 Å². The van der Waals surface area contributed by atoms with Gasteiger partial charge in [-0.25, -0.2) is 4.79 Å². The summed E-state index contributed by atoms with van der Waals surface area (Å²) in [5.41, 5.74) is 0.382. The Morgan fingerprint density at radius 2 is 1.67 bits per heavy atom. The highest BCUT2D eigenvalue weighted by Gasteiger charge is 2.17. The van der Waals surface area contributed by atoms with Crippen molar-refractivity contribution in [3.05, 3.63) is 110 Å². The van der Waals surface area contributed by atoms with Crippen LogP contribution in [0.5, 0.6) is 0 Å². The summed E-state index contributed by atoms with van der Waals surface area (Å²) >= 11 is 6.07. The third-order valence-corrected chi connectivity index (χ3v) is 4.72. The lowest BCUT2D eigenvalue weighted by Gasteiger charge is -2.12. The number of carboxylic acids is 1. The summed E-state index contributed by atoms with van der Waals surface area (Å²) in [4.78, 5) is 47.2. The van der Waals surface area contributed by atoms with Crippen molar-refractivity contribution in [1.29, 1.82) is 0 Å². The van der Waals surface area contributed by atoms with E-state index in [9.17, 15) is 24.5 Å². The minimum Gasteiger partial charge on any atom is -0.478 e. The Bertz CT molecular complexity index is 1270. The number of aromatic carboxylic acids is 1. The second-order valence-electron chi connectivity index (χ2n) is 6.68. The Hall–Kier alpha value is -4.50. The lowest BCUT2D eigenvalue weighted by atomic mass is 10.1. The first-order valence-corrected chi connectivity index (χ1v) is 9.79. The van der Waals surface area contributed by atoms with Crippen LogP contribution < -0.4 is 10.6 Å². The predicted octanol–water partition coefficient (Wildman–Crippen LogP) is 4.36. The molecule has 2 amide bonds. The fraction of sp³-hybridized carbons (Fsp3) is 0. The van der Waals surface area contributed by atoms with Crippen LogP contribution in [0.25, 0.3) is 6.08 Å². The molecule has 0 fully saturated rings. The van der Waals surface area contributed by atoms with E-state index in [2.05, 4.69) is 10.6 Å². The minimum atomic E-state index is -1.17. The van der Waals surface area contributed by atoms with Crippen LogP contribution in [0.15, 0.2) is 78.5 Å². The molecule has 3 N–H and O–H groups in total. The molecule has 0 saturated carbocycles. The molecule has 0 aliphatic carbocycles. The summed E-state index contributed by atoms with van der Waals surface area (Å²) in [6.07, 6.45) is 1.33. The summed E-state index contributed by atoms with van der Waals surface area (Å²) in [5.74, 6) is -2.56. The lowest BCUT2D eigenvalue weighted by molar-refractivity contribution is -0.384. The van der Waals surface area contributed by atoms with E-state index in [0.717, 1.165) is 0 Å². The molecule has 0 radical (unpaired) electrons. The summed E-state index contributed by atoms with van der Waals surface area (Å²) in [5, 5.41) is 25.2. The fourth-order valence-corrected chi connectivity index (χ4v) is 3.00. The number of nitrogens with zero attached hydrogens (tertiary/aromatic N) is 1. The molecule has 0 bridgehead atoms. The number of anilines is 1. The Morgan fingerprint density at radius 1 is 0.970 bits per heavy atom. The number of hydrogen-bond acceptors (Lipinski definition) is 5. The molecule has 3 aromatic carbocycles. The quantitative estimate of drug-likeness (QED) is 0.269. The zero-order valence-corrected chi connectivity index (χ0v) is 17.6. The van der Waals surface area contributed by atoms with Gasteiger partial charge in [0.25, 0.3) is 17.5 Å². The maximum Gasteiger partial charge on any atom is 0.335 e. The first kappa shape index (κ1) is 23.2. The standard InChI is InChI=1S/C23H16ClN3O6/c24-19-7-2-1-6-18(19)21(28)26-20(12-14-8-10-17(11-9-14)27(32)33)22(29)25-16-5-3-4-15(13-16)23(30)31/h1-13H,(H,25,29)(H,26,28)(H,30,31). The second-order valence-corrected chi connectivity index (χ2v) is 7.09. The Balaban J connectivity index is 1.93. The fourth-order valence-electron chi connectivity index (χ4n) is 2.78. The molecule has 0 heterocycles. The van der Waals surface area contributed by atoms with Crippen molar-refractivity contribution in [3.8, 4) is 0 Å². The van der Waals surface area contributed by atoms with Gasteiger partial charge in [-0.3, -0.25) is 19.7 Å². The van der Waals surface area contributed by atoms with Crippen molar-refractivity contribution in [3.63, 3.8) is 0 Å². The van der Waals surface area contributed by atoms with E-state index in [1.165, 1.54) is 66.7 Å². The highest BCUT2D eigenvalue weighted by Crippen LogP contribution is 2.18. The van der Waals surface area contributed by atoms with Gasteiger partial charge in [-0.1, -0.05) is 29.8 Å². The number of nitro groups is 1. The highest BCUT2D eigenvalue weighted by atomic mass is 35.5. The minimum absolute atomic E-state index is 0.0335. The van der Waals surface area contributed by atoms with Crippen LogP contribution >= 0.6 is 11.6 Å². The number of nitrogens with one attached hydrogen (secondary N) is 2. The average molecular weight is 466 g/mol. The van der Waals surface area contributed by atoms with Gasteiger partial charge in [0, 0.05) is 17.8 Å². The van der Waals surface area contributed by atoms with E-state index in [-0.39, 0.29) is 33.2 Å². The van der Waals surface area contributed by atoms with E-state index >= 15 is 0 Å². The number of nitro benzene ring substituents is 1. The molecule has 0 unspecified atom stereocenters. The molecule has 3 aromatic rings. The van der Waals surface area contributed by atoms with Crippen molar-refractivity contribution in [1.82, 2.24) is 5.32 Å². The van der Waals surface area contributed by atoms with Crippen molar-refractivity contribution in [2.75, 3.05) is 5.32 Å². The molecular weight excluding hydrogens is 450 g/mol. The summed E-state index contributed by atoms with van der Waals surface area (Å²) < 4.78 is 0. The maximum atomic E-state index is 12.9. The van der Waals surface area contributed by atoms with Crippen molar-refractivity contribution in [2.45, 2.75) is 0 Å². The van der Waals surface area contributed by atoms with Gasteiger partial charge in [0.05, 0.1) is 21.1 Å². The molecule has 0 aliphatic heterocycles. The molecule has 166 valence electrons. The Labute approximate surface area is 192 Å². The van der Waals surface area contributed by atoms with Gasteiger partial charge >= 0.3 is 5.97 Å². The van der Waals surface area contributed by atoms with Crippen molar-refractivity contribution in [2.24, 2.45) is 0 Å². The molecule has 0 atom stereocenters. The number of non-ortho nitro benzene ring substituents is 1. The summed E-state index contributed by atoms with van der Waals surface area (Å²) in [6, 6.07) is 17.2. The van der Waals surface area contributed by atoms with Crippen LogP contribution in [-0.4, -0.2) is 27.8 Å². The normalized spacial score (nSPS) is 10.9. The van der Waals surface area contributed by atoms with Crippen LogP contribution in [-0.2, 0) is 4.79 Å². The van der Waals surface area contributed by atoms with E-state index in [4.69, 9.17) is 16.7 Å². The predicted molar refractivity (Wildman–Crippen MR) is 122 cm³/mol. The highest BCUT2D eigenvalue weighted by molar-refractivity contribution is 6.34. The molecule has 3 rings (SSSR count). The number of amides is 2. The number of hydrogen-bond donors (Lipinski definition) is 3. The molecule has 0 aliphatic rings. The van der Waals surface area contributed by atoms with Gasteiger partial charge in [-0.15, -0.1) is 0 Å². The van der Waals surface area contributed by atoms with Crippen LogP contribution in [0.3, 0.4) is 0 Å². The molecular formula is C23H16ClN3O6. The van der Waals surface area contributed by atoms with E-state index < -0.39 is 22.7 Å². The van der Waals surface area contributed by atoms with E-state index in [1.807, 2.05) is 0 Å². The monoisotopic (exact) mass is 465 g/mol. The third-order valence-electron chi connectivity index (χ3n) is 4.39. The van der Waals surface area contributed by atoms with Crippen LogP contribution in [0.4, 0.5) is 11.4 Å². The first-order valence-electron chi connectivity index (χ1n) is 9.41. The van der Waals surface area contributed by atoms with Crippen molar-refractivity contribution < 1.29 is 24.4 Å². The largest absolute Gasteiger partial charge is 0.478 e. The van der Waals surface area contributed by atoms with Gasteiger partial charge in [-0.05, 0) is 54.1 Å². The second kappa shape index (κ2) is 10.2. The van der Waals surface area contributed by atoms with Crippen LogP contribution in [0, 0.1) is 10.1 Å². The summed E-state index contributed by atoms with van der Waals surface area (Å²) in [7, 11) is 0. The van der Waals surface area contributed by atoms with Crippen LogP contribution in [0.1, 0.15) is 26.3 Å². The molecule has 0 aromatic heterocycles. The Morgan fingerprint density at radius 3 is 2.30 bits per heavy atom. The maximum absolute atomic E-state index is 12.9. The SMILES string of the molecule is O=C(Nc1cccc(C(=O)O)c1)C(=Cc1ccc([N+](=O)[O-])cc1)NC(=O)c1ccccc1Cl. The summed E-state index contributed by atoms with van der Waals surface area (Å²) in [6.45, 7) is 0. The molecule has 33 heavy (non-hydrogen) atoms. The number of halogens is 1. The third kappa shape index (κ3) is 6.02. The topological polar surface area (TPSA) is 139 Å². The van der Waals surface area contributed by atoms with Gasteiger partial charge in [-0.2, -0.15) is 0 Å². The van der Waals surface area contributed by atoms with Gasteiger partial charge < -0.3 is 15.7 Å². The van der Waals surface area contributed by atoms with Gasteiger partial charge in [0.1, 0.15) is 5.70 Å². The first-order chi connectivity index (χ1) is 15.7. The number of benzene rings is 3. The molecule has 9 nitrogen and oxygen atoms in total. The number of rotatable bonds is 7. The number of carbonyl (C=O) groups excluding carboxylic acids is 2. The average Bonchev–Trinajstić information content (AvgIpc) is 2.79. The number of carbonyl (C=O) groups is 3. The molecule has 10 heteroatoms. The van der Waals surface area contributed by atoms with Crippen molar-refractivity contribution >= 4 is 46.8 Å². The Kier molecular flexibility index (Phi) is 7.17. The lowest BCUT2D eigenvalue weighted by Crippen LogP contribution is -2.31. The number of carboxylic acid groups (broad SMARTS) is 1. The molecule has 0 saturated heterocycles. The van der Waals surface area contributed by atoms with Gasteiger partial charge in [0.2, 0.25) is 0 Å². The van der Waals surface area contributed by atoms with E-state index in [0.29, 0.717) is 5.56 Å². The zero-order valence-electron chi connectivity index (χ0n) is 16.8. The zero-order chi connectivity index (χ0) is 24.0. The van der Waals surface area contributed by atoms with Crippen LogP contribution in [0.2, 0.25) is 5.02 Å². The molecule has 0 spiro atoms.